The third-order valence-corrected chi connectivity index (χ3v) is 9.95. The maximum Gasteiger partial charge on any atom is 0.310 e. The van der Waals surface area contributed by atoms with Crippen LogP contribution in [-0.2, 0) is 35.1 Å². The molecule has 1 aromatic carbocycles. The van der Waals surface area contributed by atoms with Crippen LogP contribution in [0.2, 0.25) is 0 Å². The minimum absolute atomic E-state index is 0.0366. The Labute approximate surface area is 226 Å². The van der Waals surface area contributed by atoms with E-state index in [4.69, 9.17) is 4.74 Å². The monoisotopic (exact) mass is 592 g/mol. The first-order chi connectivity index (χ1) is 17.1. The molecule has 0 saturated heterocycles. The summed E-state index contributed by atoms with van der Waals surface area (Å²) >= 11 is 2.48. The quantitative estimate of drug-likeness (QED) is 0.181. The van der Waals surface area contributed by atoms with Crippen LogP contribution in [0.4, 0.5) is 0 Å². The molecular weight excluding hydrogens is 561 g/mol. The number of ether oxygens (including phenoxy) is 1. The molecule has 0 aliphatic heterocycles. The number of aliphatic hydroxyl groups is 1. The smallest absolute Gasteiger partial charge is 0.310 e. The summed E-state index contributed by atoms with van der Waals surface area (Å²) in [6, 6.07) is 9.16. The molecule has 206 valence electrons. The Morgan fingerprint density at radius 2 is 1.84 bits per heavy atom. The van der Waals surface area contributed by atoms with Crippen LogP contribution < -0.4 is 10.0 Å². The van der Waals surface area contributed by atoms with Gasteiger partial charge in [-0.2, -0.15) is 16.5 Å². The molecule has 14 heteroatoms. The summed E-state index contributed by atoms with van der Waals surface area (Å²) < 4.78 is 55.6. The second-order valence-corrected chi connectivity index (χ2v) is 15.3. The van der Waals surface area contributed by atoms with Gasteiger partial charge in [0.15, 0.2) is 9.84 Å². The van der Waals surface area contributed by atoms with E-state index in [1.165, 1.54) is 24.3 Å². The molecule has 0 aliphatic rings. The molecule has 0 spiro atoms. The van der Waals surface area contributed by atoms with Crippen LogP contribution in [0.3, 0.4) is 0 Å². The minimum atomic E-state index is -4.06. The first-order valence-electron chi connectivity index (χ1n) is 11.2. The normalized spacial score (nSPS) is 13.2. The van der Waals surface area contributed by atoms with E-state index in [0.29, 0.717) is 29.3 Å². The standard InChI is InChI=1S/C23H32N2O8S4/c1-23(2,3)33-20(27)14-19(26)25-37(31,32)17-8-5-7-16(13-17)15-34-12-6-11-24-22(28)18-9-10-21(35-18)36(4,29)30/h5,7-10,13,19,25-26H,6,11-12,14-15H2,1-4H3,(H,24,28)/t19-/m1/s1. The highest BCUT2D eigenvalue weighted by Crippen LogP contribution is 2.21. The third-order valence-electron chi connectivity index (χ3n) is 4.47. The lowest BCUT2D eigenvalue weighted by atomic mass is 10.2. The number of sulfonamides is 1. The first kappa shape index (κ1) is 31.2. The highest BCUT2D eigenvalue weighted by atomic mass is 32.2. The molecule has 0 radical (unpaired) electrons. The zero-order valence-corrected chi connectivity index (χ0v) is 24.3. The number of thioether (sulfide) groups is 1. The van der Waals surface area contributed by atoms with Crippen LogP contribution in [0.1, 0.15) is 48.8 Å². The van der Waals surface area contributed by atoms with E-state index in [2.05, 4.69) is 10.0 Å². The number of benzene rings is 1. The summed E-state index contributed by atoms with van der Waals surface area (Å²) in [6.07, 6.45) is -0.388. The van der Waals surface area contributed by atoms with Crippen LogP contribution in [-0.4, -0.2) is 64.2 Å². The second kappa shape index (κ2) is 13.2. The molecular formula is C23H32N2O8S4. The highest BCUT2D eigenvalue weighted by molar-refractivity contribution is 7.98. The summed E-state index contributed by atoms with van der Waals surface area (Å²) in [6.45, 7) is 5.42. The number of nitrogens with one attached hydrogen (secondary N) is 2. The van der Waals surface area contributed by atoms with Gasteiger partial charge in [0.05, 0.1) is 16.2 Å². The fourth-order valence-electron chi connectivity index (χ4n) is 2.93. The van der Waals surface area contributed by atoms with E-state index < -0.39 is 44.1 Å². The summed E-state index contributed by atoms with van der Waals surface area (Å²) in [4.78, 5) is 24.3. The Hall–Kier alpha value is -1.97. The zero-order chi connectivity index (χ0) is 27.9. The van der Waals surface area contributed by atoms with E-state index in [1.54, 1.807) is 44.7 Å². The molecule has 10 nitrogen and oxygen atoms in total. The van der Waals surface area contributed by atoms with Crippen LogP contribution in [0.5, 0.6) is 0 Å². The fraction of sp³-hybridized carbons (Fsp3) is 0.478. The largest absolute Gasteiger partial charge is 0.460 e. The van der Waals surface area contributed by atoms with Gasteiger partial charge in [0.2, 0.25) is 10.0 Å². The zero-order valence-electron chi connectivity index (χ0n) is 21.0. The van der Waals surface area contributed by atoms with Gasteiger partial charge in [0.25, 0.3) is 5.91 Å². The second-order valence-electron chi connectivity index (χ2n) is 9.13. The van der Waals surface area contributed by atoms with Gasteiger partial charge in [-0.3, -0.25) is 9.59 Å². The minimum Gasteiger partial charge on any atom is -0.460 e. The van der Waals surface area contributed by atoms with Gasteiger partial charge >= 0.3 is 5.97 Å². The van der Waals surface area contributed by atoms with E-state index in [-0.39, 0.29) is 15.0 Å². The number of amides is 1. The highest BCUT2D eigenvalue weighted by Gasteiger charge is 2.24. The van der Waals surface area contributed by atoms with Crippen molar-refractivity contribution in [3.63, 3.8) is 0 Å². The predicted octanol–water partition coefficient (Wildman–Crippen LogP) is 2.53. The van der Waals surface area contributed by atoms with Gasteiger partial charge in [0.1, 0.15) is 16.0 Å². The average molecular weight is 593 g/mol. The van der Waals surface area contributed by atoms with Crippen molar-refractivity contribution in [3.05, 3.63) is 46.8 Å². The molecule has 0 saturated carbocycles. The summed E-state index contributed by atoms with van der Waals surface area (Å²) in [7, 11) is -7.40. The maximum atomic E-state index is 12.6. The predicted molar refractivity (Wildman–Crippen MR) is 144 cm³/mol. The van der Waals surface area contributed by atoms with E-state index in [9.17, 15) is 31.5 Å². The van der Waals surface area contributed by atoms with Crippen LogP contribution in [0, 0.1) is 0 Å². The summed E-state index contributed by atoms with van der Waals surface area (Å²) in [5.41, 5.74) is 0.00645. The van der Waals surface area contributed by atoms with Gasteiger partial charge in [-0.05, 0) is 62.8 Å². The first-order valence-corrected chi connectivity index (χ1v) is 16.6. The van der Waals surface area contributed by atoms with E-state index in [1.807, 2.05) is 0 Å². The number of thiophene rings is 1. The van der Waals surface area contributed by atoms with E-state index >= 15 is 0 Å². The molecule has 1 atom stereocenters. The number of carbonyl (C=O) groups excluding carboxylic acids is 2. The SMILES string of the molecule is CC(C)(C)OC(=O)C[C@@H](O)NS(=O)(=O)c1cccc(CSCCCNC(=O)c2ccc(S(C)(=O)=O)s2)c1. The molecule has 1 amide bonds. The third kappa shape index (κ3) is 11.1. The van der Waals surface area contributed by atoms with Gasteiger partial charge in [-0.25, -0.2) is 16.8 Å². The topological polar surface area (TPSA) is 156 Å². The van der Waals surface area contributed by atoms with Gasteiger partial charge < -0.3 is 15.2 Å². The van der Waals surface area contributed by atoms with Crippen LogP contribution in [0.15, 0.2) is 45.5 Å². The van der Waals surface area contributed by atoms with Crippen molar-refractivity contribution < 1.29 is 36.3 Å². The molecule has 37 heavy (non-hydrogen) atoms. The molecule has 0 fully saturated rings. The molecule has 3 N–H and O–H groups in total. The molecule has 2 aromatic rings. The van der Waals surface area contributed by atoms with Crippen molar-refractivity contribution in [1.29, 1.82) is 0 Å². The van der Waals surface area contributed by atoms with Gasteiger partial charge in [-0.15, -0.1) is 11.3 Å². The van der Waals surface area contributed by atoms with Gasteiger partial charge in [-0.1, -0.05) is 12.1 Å². The number of hydrogen-bond donors (Lipinski definition) is 3. The molecule has 1 heterocycles. The van der Waals surface area contributed by atoms with Gasteiger partial charge in [0, 0.05) is 18.6 Å². The van der Waals surface area contributed by atoms with Crippen molar-refractivity contribution in [3.8, 4) is 0 Å². The van der Waals surface area contributed by atoms with E-state index in [0.717, 1.165) is 23.2 Å². The Bertz CT molecular complexity index is 1300. The van der Waals surface area contributed by atoms with Crippen LogP contribution >= 0.6 is 23.1 Å². The Kier molecular flexibility index (Phi) is 11.1. The lowest BCUT2D eigenvalue weighted by Crippen LogP contribution is -2.37. The average Bonchev–Trinajstić information content (AvgIpc) is 3.25. The summed E-state index contributed by atoms with van der Waals surface area (Å²) in [5.74, 6) is 0.172. The Morgan fingerprint density at radius 1 is 1.14 bits per heavy atom. The lowest BCUT2D eigenvalue weighted by molar-refractivity contribution is -0.157. The van der Waals surface area contributed by atoms with Crippen LogP contribution in [0.25, 0.3) is 0 Å². The number of hydrogen-bond acceptors (Lipinski definition) is 10. The molecule has 2 rings (SSSR count). The fourth-order valence-corrected chi connectivity index (χ4v) is 6.82. The Morgan fingerprint density at radius 3 is 2.46 bits per heavy atom. The number of sulfone groups is 1. The van der Waals surface area contributed by atoms with Crippen molar-refractivity contribution in [2.24, 2.45) is 0 Å². The van der Waals surface area contributed by atoms with Crippen molar-refractivity contribution >= 4 is 54.8 Å². The summed E-state index contributed by atoms with van der Waals surface area (Å²) in [5, 5.41) is 12.8. The Balaban J connectivity index is 1.78. The molecule has 0 bridgehead atoms. The molecule has 0 unspecified atom stereocenters. The number of carbonyl (C=O) groups is 2. The number of esters is 1. The number of aliphatic hydroxyl groups excluding tert-OH is 1. The maximum absolute atomic E-state index is 12.6. The van der Waals surface area contributed by atoms with Crippen molar-refractivity contribution in [2.45, 2.75) is 60.3 Å². The van der Waals surface area contributed by atoms with Crippen molar-refractivity contribution in [2.75, 3.05) is 18.6 Å². The molecule has 1 aromatic heterocycles. The van der Waals surface area contributed by atoms with Crippen molar-refractivity contribution in [1.82, 2.24) is 10.0 Å². The number of rotatable bonds is 13. The lowest BCUT2D eigenvalue weighted by Gasteiger charge is -2.21. The molecule has 0 aliphatic carbocycles.